The second-order valence-electron chi connectivity index (χ2n) is 1.88. The molecule has 14 N–H and O–H groups in total. The lowest BCUT2D eigenvalue weighted by molar-refractivity contribution is -0.139. The first kappa shape index (κ1) is 45.2. The molecule has 1 atom stereocenters. The van der Waals surface area contributed by atoms with Crippen LogP contribution in [0.25, 0.3) is 0 Å². The lowest BCUT2D eigenvalue weighted by Gasteiger charge is -2.01. The van der Waals surface area contributed by atoms with Crippen LogP contribution in [0.4, 0.5) is 0 Å². The molecule has 0 aliphatic heterocycles. The molecule has 0 aliphatic carbocycles. The van der Waals surface area contributed by atoms with Crippen LogP contribution >= 0.6 is 0 Å². The van der Waals surface area contributed by atoms with E-state index in [1.54, 1.807) is 0 Å². The molecule has 0 rings (SSSR count). The van der Waals surface area contributed by atoms with E-state index >= 15 is 0 Å². The highest BCUT2D eigenvalue weighted by molar-refractivity contribution is 5.75. The number of aliphatic carboxylic acids is 2. The molecule has 0 heterocycles. The van der Waals surface area contributed by atoms with Crippen molar-refractivity contribution in [3.8, 4) is 0 Å². The summed E-state index contributed by atoms with van der Waals surface area (Å²) < 4.78 is 0. The Bertz CT molecular complexity index is 155. The smallest absolute Gasteiger partial charge is 0.320 e. The van der Waals surface area contributed by atoms with Crippen LogP contribution in [0.3, 0.4) is 0 Å². The molecule has 0 fully saturated rings. The molecular weight excluding hydrogens is 242 g/mol. The molecule has 0 aromatic rings. The average molecular weight is 264 g/mol. The SMILES string of the molecule is N[C@H](CCC(=O)O)C(=O)O.O.O.O.O.O.[MgH2]. The van der Waals surface area contributed by atoms with Crippen molar-refractivity contribution in [3.05, 3.63) is 0 Å². The summed E-state index contributed by atoms with van der Waals surface area (Å²) in [7, 11) is 0. The molecule has 0 aliphatic rings. The monoisotopic (exact) mass is 263 g/mol. The van der Waals surface area contributed by atoms with Gasteiger partial charge in [-0.1, -0.05) is 0 Å². The standard InChI is InChI=1S/C5H9NO4.Mg.5H2O.2H/c6-3(5(9)10)1-2-4(7)8;;;;;;;;/h3H,1-2,6H2,(H,7,8)(H,9,10);;5*1H2;;/t3-;;;;;;;;/m1......../s1. The summed E-state index contributed by atoms with van der Waals surface area (Å²) in [4.78, 5) is 19.9. The maximum Gasteiger partial charge on any atom is 0.320 e. The predicted molar refractivity (Wildman–Crippen MR) is 59.1 cm³/mol. The van der Waals surface area contributed by atoms with Gasteiger partial charge < -0.3 is 43.3 Å². The van der Waals surface area contributed by atoms with Gasteiger partial charge in [-0.2, -0.15) is 0 Å². The fourth-order valence-electron chi connectivity index (χ4n) is 0.402. The molecule has 102 valence electrons. The van der Waals surface area contributed by atoms with Gasteiger partial charge in [0, 0.05) is 6.42 Å². The Kier molecular flexibility index (Phi) is 67.6. The van der Waals surface area contributed by atoms with Crippen LogP contribution in [0.2, 0.25) is 0 Å². The molecular formula is C5H21MgNO9. The largest absolute Gasteiger partial charge is 0.481 e. The van der Waals surface area contributed by atoms with Crippen molar-refractivity contribution in [2.75, 3.05) is 0 Å². The Morgan fingerprint density at radius 3 is 1.50 bits per heavy atom. The van der Waals surface area contributed by atoms with Gasteiger partial charge in [0.25, 0.3) is 0 Å². The van der Waals surface area contributed by atoms with Gasteiger partial charge in [0.1, 0.15) is 6.04 Å². The fourth-order valence-corrected chi connectivity index (χ4v) is 0.402. The Labute approximate surface area is 107 Å². The zero-order chi connectivity index (χ0) is 8.15. The first-order valence-electron chi connectivity index (χ1n) is 2.74. The molecule has 0 aromatic carbocycles. The zero-order valence-corrected chi connectivity index (χ0v) is 7.78. The number of rotatable bonds is 4. The van der Waals surface area contributed by atoms with Crippen LogP contribution in [0, 0.1) is 0 Å². The summed E-state index contributed by atoms with van der Waals surface area (Å²) in [5.74, 6) is -2.20. The minimum Gasteiger partial charge on any atom is -0.481 e. The van der Waals surface area contributed by atoms with Gasteiger partial charge >= 0.3 is 35.0 Å². The van der Waals surface area contributed by atoms with Crippen LogP contribution in [0.15, 0.2) is 0 Å². The molecule has 0 saturated carbocycles. The van der Waals surface area contributed by atoms with E-state index in [1.165, 1.54) is 0 Å². The molecule has 0 unspecified atom stereocenters. The molecule has 0 amide bonds. The summed E-state index contributed by atoms with van der Waals surface area (Å²) in [6, 6.07) is -1.06. The number of nitrogens with two attached hydrogens (primary N) is 1. The van der Waals surface area contributed by atoms with Gasteiger partial charge in [0.15, 0.2) is 0 Å². The van der Waals surface area contributed by atoms with E-state index in [9.17, 15) is 9.59 Å². The Morgan fingerprint density at radius 2 is 1.31 bits per heavy atom. The number of carboxylic acids is 2. The second kappa shape index (κ2) is 23.9. The number of carboxylic acid groups (broad SMARTS) is 2. The van der Waals surface area contributed by atoms with E-state index in [2.05, 4.69) is 0 Å². The molecule has 0 bridgehead atoms. The molecule has 0 aromatic heterocycles. The first-order chi connectivity index (χ1) is 4.54. The van der Waals surface area contributed by atoms with Crippen molar-refractivity contribution in [1.29, 1.82) is 0 Å². The van der Waals surface area contributed by atoms with Crippen molar-refractivity contribution in [2.24, 2.45) is 5.73 Å². The Balaban J connectivity index is -0.0000000270. The van der Waals surface area contributed by atoms with Crippen molar-refractivity contribution < 1.29 is 47.2 Å². The van der Waals surface area contributed by atoms with E-state index in [4.69, 9.17) is 15.9 Å². The topological polar surface area (TPSA) is 258 Å². The van der Waals surface area contributed by atoms with Gasteiger partial charge in [-0.05, 0) is 6.42 Å². The van der Waals surface area contributed by atoms with Crippen molar-refractivity contribution >= 4 is 35.0 Å². The third kappa shape index (κ3) is 29.2. The second-order valence-corrected chi connectivity index (χ2v) is 1.88. The molecule has 0 spiro atoms. The van der Waals surface area contributed by atoms with Crippen LogP contribution in [0.5, 0.6) is 0 Å². The predicted octanol–water partition coefficient (Wildman–Crippen LogP) is -5.78. The number of carbonyl (C=O) groups is 2. The molecule has 10 nitrogen and oxygen atoms in total. The Morgan fingerprint density at radius 1 is 1.00 bits per heavy atom. The first-order valence-corrected chi connectivity index (χ1v) is 2.74. The highest BCUT2D eigenvalue weighted by atomic mass is 24.3. The van der Waals surface area contributed by atoms with Crippen molar-refractivity contribution in [1.82, 2.24) is 0 Å². The highest BCUT2D eigenvalue weighted by Gasteiger charge is 2.12. The van der Waals surface area contributed by atoms with Gasteiger partial charge in [-0.25, -0.2) is 0 Å². The summed E-state index contributed by atoms with van der Waals surface area (Å²) in [5.41, 5.74) is 5.00. The normalized spacial score (nSPS) is 7.81. The quantitative estimate of drug-likeness (QED) is 0.417. The van der Waals surface area contributed by atoms with E-state index in [1.807, 2.05) is 0 Å². The van der Waals surface area contributed by atoms with E-state index in [0.29, 0.717) is 0 Å². The summed E-state index contributed by atoms with van der Waals surface area (Å²) in [6.07, 6.45) is -0.224. The third-order valence-electron chi connectivity index (χ3n) is 0.986. The van der Waals surface area contributed by atoms with Crippen LogP contribution in [-0.4, -0.2) is 78.6 Å². The van der Waals surface area contributed by atoms with Gasteiger partial charge in [0.05, 0.1) is 0 Å². The van der Waals surface area contributed by atoms with Gasteiger partial charge in [-0.15, -0.1) is 0 Å². The minimum absolute atomic E-state index is 0. The van der Waals surface area contributed by atoms with Gasteiger partial charge in [0.2, 0.25) is 0 Å². The molecule has 11 heteroatoms. The van der Waals surface area contributed by atoms with Gasteiger partial charge in [-0.3, -0.25) is 9.59 Å². The lowest BCUT2D eigenvalue weighted by Crippen LogP contribution is -2.30. The van der Waals surface area contributed by atoms with Crippen molar-refractivity contribution in [3.63, 3.8) is 0 Å². The van der Waals surface area contributed by atoms with E-state index in [-0.39, 0.29) is 63.3 Å². The van der Waals surface area contributed by atoms with Crippen LogP contribution < -0.4 is 5.73 Å². The summed E-state index contributed by atoms with van der Waals surface area (Å²) >= 11 is 0. The zero-order valence-electron chi connectivity index (χ0n) is 7.78. The number of hydrogen-bond donors (Lipinski definition) is 3. The van der Waals surface area contributed by atoms with E-state index in [0.717, 1.165) is 0 Å². The maximum atomic E-state index is 9.99. The van der Waals surface area contributed by atoms with Crippen LogP contribution in [0.1, 0.15) is 12.8 Å². The minimum atomic E-state index is -1.17. The summed E-state index contributed by atoms with van der Waals surface area (Å²) in [5, 5.41) is 16.3. The fraction of sp³-hybridized carbons (Fsp3) is 0.600. The molecule has 0 radical (unpaired) electrons. The van der Waals surface area contributed by atoms with Crippen molar-refractivity contribution in [2.45, 2.75) is 18.9 Å². The third-order valence-corrected chi connectivity index (χ3v) is 0.986. The summed E-state index contributed by atoms with van der Waals surface area (Å²) in [6.45, 7) is 0. The Hall–Kier alpha value is -0.534. The molecule has 16 heavy (non-hydrogen) atoms. The average Bonchev–Trinajstić information content (AvgIpc) is 1.82. The van der Waals surface area contributed by atoms with Crippen LogP contribution in [-0.2, 0) is 9.59 Å². The highest BCUT2D eigenvalue weighted by Crippen LogP contribution is 1.93. The maximum absolute atomic E-state index is 9.99. The van der Waals surface area contributed by atoms with E-state index < -0.39 is 18.0 Å². The number of hydrogen-bond acceptors (Lipinski definition) is 3. The molecule has 0 saturated heterocycles. The lowest BCUT2D eigenvalue weighted by atomic mass is 10.2.